The van der Waals surface area contributed by atoms with Gasteiger partial charge in [-0.05, 0) is 54.8 Å². The van der Waals surface area contributed by atoms with Gasteiger partial charge in [-0.3, -0.25) is 0 Å². The summed E-state index contributed by atoms with van der Waals surface area (Å²) in [6, 6.07) is 8.60. The van der Waals surface area contributed by atoms with E-state index < -0.39 is 0 Å². The Morgan fingerprint density at radius 2 is 2.00 bits per heavy atom. The molecule has 1 aromatic rings. The first-order chi connectivity index (χ1) is 9.29. The molecule has 2 atom stereocenters. The Bertz CT molecular complexity index is 530. The molecule has 19 heavy (non-hydrogen) atoms. The molecule has 0 bridgehead atoms. The zero-order valence-electron chi connectivity index (χ0n) is 11.1. The molecule has 2 aliphatic carbocycles. The van der Waals surface area contributed by atoms with Crippen LogP contribution in [0.2, 0.25) is 0 Å². The summed E-state index contributed by atoms with van der Waals surface area (Å²) in [5.41, 5.74) is 9.99. The summed E-state index contributed by atoms with van der Waals surface area (Å²) in [5, 5.41) is 0. The summed E-state index contributed by atoms with van der Waals surface area (Å²) in [6.45, 7) is 0.661. The maximum atomic E-state index is 13.7. The topological polar surface area (TPSA) is 26.0 Å². The van der Waals surface area contributed by atoms with Gasteiger partial charge in [0, 0.05) is 6.42 Å². The standard InChI is InChI=1S/C17H20FN/c18-14-8-7-13-6-5-12-3-1-2-4-15(12)16(9-10-19)17(13)11-14/h1-4,7-8,16-17H,5-6,9-11,19H2. The number of aryl methyl sites for hydroxylation is 1. The summed E-state index contributed by atoms with van der Waals surface area (Å²) in [6.07, 6.45) is 7.24. The van der Waals surface area contributed by atoms with Gasteiger partial charge in [0.25, 0.3) is 0 Å². The van der Waals surface area contributed by atoms with Crippen LogP contribution in [0.3, 0.4) is 0 Å². The van der Waals surface area contributed by atoms with E-state index in [1.54, 1.807) is 6.08 Å². The monoisotopic (exact) mass is 257 g/mol. The van der Waals surface area contributed by atoms with E-state index in [2.05, 4.69) is 24.3 Å². The van der Waals surface area contributed by atoms with E-state index in [0.717, 1.165) is 19.3 Å². The van der Waals surface area contributed by atoms with Crippen molar-refractivity contribution in [3.63, 3.8) is 0 Å². The number of halogens is 1. The zero-order chi connectivity index (χ0) is 13.2. The molecule has 0 saturated carbocycles. The summed E-state index contributed by atoms with van der Waals surface area (Å²) < 4.78 is 13.7. The smallest absolute Gasteiger partial charge is 0.101 e. The molecule has 0 heterocycles. The van der Waals surface area contributed by atoms with E-state index in [9.17, 15) is 4.39 Å². The molecule has 100 valence electrons. The molecule has 2 aliphatic rings. The quantitative estimate of drug-likeness (QED) is 0.855. The Morgan fingerprint density at radius 1 is 1.16 bits per heavy atom. The van der Waals surface area contributed by atoms with Crippen LogP contribution in [0.1, 0.15) is 36.3 Å². The number of fused-ring (bicyclic) bond motifs is 2. The molecule has 1 aromatic carbocycles. The second kappa shape index (κ2) is 5.30. The summed E-state index contributed by atoms with van der Waals surface area (Å²) in [7, 11) is 0. The molecule has 3 rings (SSSR count). The van der Waals surface area contributed by atoms with E-state index in [0.29, 0.717) is 24.8 Å². The van der Waals surface area contributed by atoms with Crippen LogP contribution in [-0.2, 0) is 6.42 Å². The summed E-state index contributed by atoms with van der Waals surface area (Å²) in [5.74, 6) is 0.682. The predicted molar refractivity (Wildman–Crippen MR) is 76.6 cm³/mol. The molecule has 0 aromatic heterocycles. The van der Waals surface area contributed by atoms with Gasteiger partial charge in [0.2, 0.25) is 0 Å². The van der Waals surface area contributed by atoms with Crippen LogP contribution in [0.5, 0.6) is 0 Å². The maximum absolute atomic E-state index is 13.7. The van der Waals surface area contributed by atoms with Gasteiger partial charge in [-0.25, -0.2) is 4.39 Å². The van der Waals surface area contributed by atoms with Crippen molar-refractivity contribution >= 4 is 0 Å². The van der Waals surface area contributed by atoms with Crippen molar-refractivity contribution in [1.29, 1.82) is 0 Å². The Kier molecular flexibility index (Phi) is 3.52. The number of rotatable bonds is 2. The van der Waals surface area contributed by atoms with Crippen molar-refractivity contribution in [1.82, 2.24) is 0 Å². The number of hydrogen-bond donors (Lipinski definition) is 1. The van der Waals surface area contributed by atoms with Crippen LogP contribution in [0.15, 0.2) is 47.8 Å². The minimum atomic E-state index is 0.00940. The average molecular weight is 257 g/mol. The van der Waals surface area contributed by atoms with Crippen molar-refractivity contribution in [2.24, 2.45) is 11.7 Å². The van der Waals surface area contributed by atoms with Crippen LogP contribution in [-0.4, -0.2) is 6.54 Å². The van der Waals surface area contributed by atoms with E-state index in [1.165, 1.54) is 16.7 Å². The Hall–Kier alpha value is -1.41. The highest BCUT2D eigenvalue weighted by Gasteiger charge is 2.32. The van der Waals surface area contributed by atoms with Crippen LogP contribution >= 0.6 is 0 Å². The van der Waals surface area contributed by atoms with Crippen molar-refractivity contribution < 1.29 is 4.39 Å². The fourth-order valence-corrected chi connectivity index (χ4v) is 3.56. The number of benzene rings is 1. The molecule has 0 aliphatic heterocycles. The highest BCUT2D eigenvalue weighted by Crippen LogP contribution is 2.44. The second-order valence-electron chi connectivity index (χ2n) is 5.55. The predicted octanol–water partition coefficient (Wildman–Crippen LogP) is 3.86. The van der Waals surface area contributed by atoms with E-state index in [-0.39, 0.29) is 5.83 Å². The Morgan fingerprint density at radius 3 is 2.84 bits per heavy atom. The third-order valence-corrected chi connectivity index (χ3v) is 4.47. The largest absolute Gasteiger partial charge is 0.330 e. The number of nitrogens with two attached hydrogens (primary N) is 1. The van der Waals surface area contributed by atoms with Crippen molar-refractivity contribution in [3.8, 4) is 0 Å². The van der Waals surface area contributed by atoms with Crippen LogP contribution in [0.25, 0.3) is 0 Å². The molecular weight excluding hydrogens is 237 g/mol. The van der Waals surface area contributed by atoms with Crippen LogP contribution in [0.4, 0.5) is 4.39 Å². The third-order valence-electron chi connectivity index (χ3n) is 4.47. The Labute approximate surface area is 114 Å². The maximum Gasteiger partial charge on any atom is 0.101 e. The van der Waals surface area contributed by atoms with Crippen LogP contribution in [0, 0.1) is 5.92 Å². The van der Waals surface area contributed by atoms with Gasteiger partial charge in [-0.15, -0.1) is 0 Å². The minimum absolute atomic E-state index is 0.00940. The van der Waals surface area contributed by atoms with Gasteiger partial charge < -0.3 is 5.73 Å². The lowest BCUT2D eigenvalue weighted by Crippen LogP contribution is -2.19. The molecule has 2 N–H and O–H groups in total. The molecule has 1 nitrogen and oxygen atoms in total. The lowest BCUT2D eigenvalue weighted by Gasteiger charge is -2.29. The molecule has 0 saturated heterocycles. The van der Waals surface area contributed by atoms with E-state index in [4.69, 9.17) is 5.73 Å². The average Bonchev–Trinajstić information content (AvgIpc) is 2.58. The van der Waals surface area contributed by atoms with Crippen molar-refractivity contribution in [2.45, 2.75) is 31.6 Å². The van der Waals surface area contributed by atoms with Crippen molar-refractivity contribution in [3.05, 3.63) is 58.9 Å². The molecule has 0 amide bonds. The third kappa shape index (κ3) is 2.37. The van der Waals surface area contributed by atoms with Gasteiger partial charge in [-0.2, -0.15) is 0 Å². The first-order valence-corrected chi connectivity index (χ1v) is 7.12. The highest BCUT2D eigenvalue weighted by molar-refractivity contribution is 5.38. The molecule has 0 fully saturated rings. The normalized spacial score (nSPS) is 25.8. The molecule has 0 radical (unpaired) electrons. The minimum Gasteiger partial charge on any atom is -0.330 e. The van der Waals surface area contributed by atoms with Gasteiger partial charge in [-0.1, -0.05) is 35.9 Å². The Balaban J connectivity index is 2.03. The fraction of sp³-hybridized carbons (Fsp3) is 0.412. The highest BCUT2D eigenvalue weighted by atomic mass is 19.1. The summed E-state index contributed by atoms with van der Waals surface area (Å²) >= 11 is 0. The molecular formula is C17H20FN. The molecule has 2 unspecified atom stereocenters. The fourth-order valence-electron chi connectivity index (χ4n) is 3.56. The van der Waals surface area contributed by atoms with Gasteiger partial charge >= 0.3 is 0 Å². The van der Waals surface area contributed by atoms with Gasteiger partial charge in [0.15, 0.2) is 0 Å². The molecule has 2 heteroatoms. The number of hydrogen-bond acceptors (Lipinski definition) is 1. The molecule has 0 spiro atoms. The SMILES string of the molecule is NCCC1c2ccccc2CCC2=CC=C(F)CC21. The van der Waals surface area contributed by atoms with Crippen LogP contribution < -0.4 is 5.73 Å². The van der Waals surface area contributed by atoms with Gasteiger partial charge in [0.1, 0.15) is 5.83 Å². The van der Waals surface area contributed by atoms with E-state index >= 15 is 0 Å². The second-order valence-corrected chi connectivity index (χ2v) is 5.55. The lowest BCUT2D eigenvalue weighted by molar-refractivity contribution is 0.411. The first-order valence-electron chi connectivity index (χ1n) is 7.12. The van der Waals surface area contributed by atoms with Gasteiger partial charge in [0.05, 0.1) is 0 Å². The lowest BCUT2D eigenvalue weighted by atomic mass is 9.76. The van der Waals surface area contributed by atoms with Crippen molar-refractivity contribution in [2.75, 3.05) is 6.54 Å². The van der Waals surface area contributed by atoms with E-state index in [1.807, 2.05) is 6.08 Å². The summed E-state index contributed by atoms with van der Waals surface area (Å²) in [4.78, 5) is 0. The first kappa shape index (κ1) is 12.6. The number of allylic oxidation sites excluding steroid dienone is 4. The zero-order valence-corrected chi connectivity index (χ0v) is 11.1.